The number of alkyl halides is 1. The molecule has 0 saturated heterocycles. The molecule has 1 rings (SSSR count). The zero-order valence-electron chi connectivity index (χ0n) is 7.63. The van der Waals surface area contributed by atoms with Crippen molar-refractivity contribution in [1.29, 1.82) is 0 Å². The number of rotatable bonds is 3. The maximum absolute atomic E-state index is 12.6. The summed E-state index contributed by atoms with van der Waals surface area (Å²) in [6, 6.07) is 3.56. The molecule has 0 spiro atoms. The van der Waals surface area contributed by atoms with Crippen molar-refractivity contribution < 1.29 is 14.3 Å². The zero-order chi connectivity index (χ0) is 10.7. The summed E-state index contributed by atoms with van der Waals surface area (Å²) in [5.41, 5.74) is 0.378. The summed E-state index contributed by atoms with van der Waals surface area (Å²) >= 11 is 5.86. The molecule has 0 aromatic heterocycles. The fourth-order valence-electron chi connectivity index (χ4n) is 1.14. The van der Waals surface area contributed by atoms with Gasteiger partial charge in [0.1, 0.15) is 17.3 Å². The highest BCUT2D eigenvalue weighted by atomic mass is 35.5. The second-order valence-corrected chi connectivity index (χ2v) is 3.60. The van der Waals surface area contributed by atoms with Crippen LogP contribution in [0.1, 0.15) is 24.3 Å². The molecule has 76 valence electrons. The first-order chi connectivity index (χ1) is 6.50. The number of hydrogen-bond donors (Lipinski definition) is 1. The minimum Gasteiger partial charge on any atom is -0.508 e. The monoisotopic (exact) mass is 216 g/mol. The third kappa shape index (κ3) is 2.70. The molecule has 0 aliphatic heterocycles. The van der Waals surface area contributed by atoms with Gasteiger partial charge in [0.25, 0.3) is 0 Å². The van der Waals surface area contributed by atoms with Crippen LogP contribution in [0.2, 0.25) is 0 Å². The lowest BCUT2D eigenvalue weighted by atomic mass is 10.1. The lowest BCUT2D eigenvalue weighted by Crippen LogP contribution is -1.98. The Hall–Kier alpha value is -1.09. The van der Waals surface area contributed by atoms with Crippen LogP contribution in [0.3, 0.4) is 0 Å². The molecular formula is C10H10ClFO2. The lowest BCUT2D eigenvalue weighted by Gasteiger charge is -2.09. The summed E-state index contributed by atoms with van der Waals surface area (Å²) in [6.45, 7) is 1.41. The van der Waals surface area contributed by atoms with Crippen LogP contribution in [0.25, 0.3) is 0 Å². The van der Waals surface area contributed by atoms with E-state index in [2.05, 4.69) is 0 Å². The molecule has 1 unspecified atom stereocenters. The second-order valence-electron chi connectivity index (χ2n) is 3.08. The van der Waals surface area contributed by atoms with E-state index in [1.165, 1.54) is 19.1 Å². The van der Waals surface area contributed by atoms with Gasteiger partial charge in [-0.15, -0.1) is 11.6 Å². The molecule has 0 fully saturated rings. The first-order valence-corrected chi connectivity index (χ1v) is 4.56. The van der Waals surface area contributed by atoms with Crippen LogP contribution in [-0.2, 0) is 4.79 Å². The van der Waals surface area contributed by atoms with E-state index in [1.807, 2.05) is 0 Å². The molecule has 0 radical (unpaired) electrons. The lowest BCUT2D eigenvalue weighted by molar-refractivity contribution is -0.117. The Bertz CT molecular complexity index is 352. The zero-order valence-corrected chi connectivity index (χ0v) is 8.38. The maximum atomic E-state index is 12.6. The smallest absolute Gasteiger partial charge is 0.131 e. The van der Waals surface area contributed by atoms with Crippen LogP contribution in [-0.4, -0.2) is 10.9 Å². The number of phenols is 1. The molecule has 0 saturated carbocycles. The standard InChI is InChI=1S/C10H10ClFO2/c1-6(13)4-9(11)8-3-2-7(12)5-10(8)14/h2-3,5,9,14H,4H2,1H3. The summed E-state index contributed by atoms with van der Waals surface area (Å²) in [5, 5.41) is 8.74. The van der Waals surface area contributed by atoms with Gasteiger partial charge in [-0.3, -0.25) is 4.79 Å². The highest BCUT2D eigenvalue weighted by Gasteiger charge is 2.14. The van der Waals surface area contributed by atoms with E-state index >= 15 is 0 Å². The average molecular weight is 217 g/mol. The molecule has 1 aromatic rings. The van der Waals surface area contributed by atoms with E-state index in [0.29, 0.717) is 5.56 Å². The van der Waals surface area contributed by atoms with Crippen LogP contribution < -0.4 is 0 Å². The Labute approximate surface area is 86.3 Å². The summed E-state index contributed by atoms with van der Waals surface area (Å²) in [5.74, 6) is -0.821. The predicted molar refractivity (Wildman–Crippen MR) is 52.0 cm³/mol. The Morgan fingerprint density at radius 2 is 2.29 bits per heavy atom. The van der Waals surface area contributed by atoms with Gasteiger partial charge in [-0.1, -0.05) is 6.07 Å². The van der Waals surface area contributed by atoms with Crippen molar-refractivity contribution in [3.8, 4) is 5.75 Å². The number of benzene rings is 1. The molecule has 1 N–H and O–H groups in total. The normalized spacial score (nSPS) is 12.5. The highest BCUT2D eigenvalue weighted by molar-refractivity contribution is 6.22. The van der Waals surface area contributed by atoms with Crippen LogP contribution >= 0.6 is 11.6 Å². The molecule has 0 bridgehead atoms. The quantitative estimate of drug-likeness (QED) is 0.789. The highest BCUT2D eigenvalue weighted by Crippen LogP contribution is 2.31. The topological polar surface area (TPSA) is 37.3 Å². The third-order valence-electron chi connectivity index (χ3n) is 1.80. The first kappa shape index (κ1) is 11.0. The maximum Gasteiger partial charge on any atom is 0.131 e. The molecule has 2 nitrogen and oxygen atoms in total. The van der Waals surface area contributed by atoms with Gasteiger partial charge in [-0.25, -0.2) is 4.39 Å². The molecule has 1 aromatic carbocycles. The minimum atomic E-state index is -0.604. The SMILES string of the molecule is CC(=O)CC(Cl)c1ccc(F)cc1O. The average Bonchev–Trinajstić information content (AvgIpc) is 2.01. The number of ketones is 1. The minimum absolute atomic E-state index is 0.0753. The van der Waals surface area contributed by atoms with Gasteiger partial charge in [-0.05, 0) is 13.0 Å². The Morgan fingerprint density at radius 1 is 1.64 bits per heavy atom. The van der Waals surface area contributed by atoms with E-state index in [0.717, 1.165) is 6.07 Å². The molecular weight excluding hydrogens is 207 g/mol. The fourth-order valence-corrected chi connectivity index (χ4v) is 1.55. The number of halogens is 2. The van der Waals surface area contributed by atoms with Crippen molar-refractivity contribution in [3.05, 3.63) is 29.6 Å². The number of carbonyl (C=O) groups excluding carboxylic acids is 1. The fraction of sp³-hybridized carbons (Fsp3) is 0.300. The van der Waals surface area contributed by atoms with Crippen molar-refractivity contribution in [2.24, 2.45) is 0 Å². The van der Waals surface area contributed by atoms with Crippen molar-refractivity contribution >= 4 is 17.4 Å². The predicted octanol–water partition coefficient (Wildman–Crippen LogP) is 2.79. The van der Waals surface area contributed by atoms with E-state index in [9.17, 15) is 14.3 Å². The van der Waals surface area contributed by atoms with E-state index in [1.54, 1.807) is 0 Å². The Balaban J connectivity index is 2.90. The van der Waals surface area contributed by atoms with Gasteiger partial charge in [0, 0.05) is 18.1 Å². The van der Waals surface area contributed by atoms with Crippen molar-refractivity contribution in [2.75, 3.05) is 0 Å². The number of phenolic OH excluding ortho intramolecular Hbond substituents is 1. The summed E-state index contributed by atoms with van der Waals surface area (Å²) in [7, 11) is 0. The van der Waals surface area contributed by atoms with E-state index < -0.39 is 11.2 Å². The van der Waals surface area contributed by atoms with Crippen LogP contribution in [0.5, 0.6) is 5.75 Å². The van der Waals surface area contributed by atoms with Crippen LogP contribution in [0.4, 0.5) is 4.39 Å². The molecule has 4 heteroatoms. The van der Waals surface area contributed by atoms with Gasteiger partial charge in [0.2, 0.25) is 0 Å². The van der Waals surface area contributed by atoms with Crippen molar-refractivity contribution in [2.45, 2.75) is 18.7 Å². The molecule has 0 aliphatic carbocycles. The van der Waals surface area contributed by atoms with Gasteiger partial charge >= 0.3 is 0 Å². The number of aromatic hydroxyl groups is 1. The Morgan fingerprint density at radius 3 is 2.79 bits per heavy atom. The van der Waals surface area contributed by atoms with Gasteiger partial charge < -0.3 is 5.11 Å². The molecule has 14 heavy (non-hydrogen) atoms. The van der Waals surface area contributed by atoms with Crippen LogP contribution in [0.15, 0.2) is 18.2 Å². The number of carbonyl (C=O) groups is 1. The molecule has 0 aliphatic rings. The first-order valence-electron chi connectivity index (χ1n) is 4.12. The number of hydrogen-bond acceptors (Lipinski definition) is 2. The number of Topliss-reactive ketones (excluding diaryl/α,β-unsaturated/α-hetero) is 1. The Kier molecular flexibility index (Phi) is 3.47. The summed E-state index contributed by atoms with van der Waals surface area (Å²) in [6.07, 6.45) is 0.126. The van der Waals surface area contributed by atoms with Gasteiger partial charge in [-0.2, -0.15) is 0 Å². The van der Waals surface area contributed by atoms with Crippen molar-refractivity contribution in [3.63, 3.8) is 0 Å². The van der Waals surface area contributed by atoms with E-state index in [-0.39, 0.29) is 18.0 Å². The van der Waals surface area contributed by atoms with E-state index in [4.69, 9.17) is 11.6 Å². The molecule has 0 amide bonds. The van der Waals surface area contributed by atoms with Crippen molar-refractivity contribution in [1.82, 2.24) is 0 Å². The third-order valence-corrected chi connectivity index (χ3v) is 2.19. The molecule has 1 atom stereocenters. The summed E-state index contributed by atoms with van der Waals surface area (Å²) in [4.78, 5) is 10.8. The van der Waals surface area contributed by atoms with Crippen LogP contribution in [0, 0.1) is 5.82 Å². The molecule has 0 heterocycles. The van der Waals surface area contributed by atoms with Gasteiger partial charge in [0.05, 0.1) is 5.38 Å². The second kappa shape index (κ2) is 4.42. The largest absolute Gasteiger partial charge is 0.508 e. The summed E-state index contributed by atoms with van der Waals surface area (Å²) < 4.78 is 12.6. The van der Waals surface area contributed by atoms with Gasteiger partial charge in [0.15, 0.2) is 0 Å².